The van der Waals surface area contributed by atoms with Gasteiger partial charge in [0.15, 0.2) is 17.3 Å². The molecule has 0 spiro atoms. The van der Waals surface area contributed by atoms with E-state index in [0.717, 1.165) is 16.5 Å². The maximum atomic E-state index is 12.7. The lowest BCUT2D eigenvalue weighted by Crippen LogP contribution is -2.04. The lowest BCUT2D eigenvalue weighted by Gasteiger charge is -2.10. The molecule has 3 rings (SSSR count). The van der Waals surface area contributed by atoms with Gasteiger partial charge >= 0.3 is 0 Å². The number of hydrogen-bond acceptors (Lipinski definition) is 3. The first-order valence-corrected chi connectivity index (χ1v) is 7.65. The zero-order valence-electron chi connectivity index (χ0n) is 11.7. The van der Waals surface area contributed by atoms with E-state index in [4.69, 9.17) is 9.47 Å². The maximum Gasteiger partial charge on any atom is 0.194 e. The smallest absolute Gasteiger partial charge is 0.194 e. The summed E-state index contributed by atoms with van der Waals surface area (Å²) in [6.07, 6.45) is 0.849. The van der Waals surface area contributed by atoms with Crippen molar-refractivity contribution in [1.82, 2.24) is 0 Å². The van der Waals surface area contributed by atoms with E-state index < -0.39 is 0 Å². The Morgan fingerprint density at radius 1 is 1.05 bits per heavy atom. The third-order valence-electron chi connectivity index (χ3n) is 3.38. The average molecular weight is 347 g/mol. The number of halogens is 1. The van der Waals surface area contributed by atoms with Crippen LogP contribution in [0.15, 0.2) is 40.9 Å². The van der Waals surface area contributed by atoms with E-state index in [2.05, 4.69) is 15.9 Å². The molecule has 0 N–H and O–H groups in total. The molecule has 0 aliphatic carbocycles. The Morgan fingerprint density at radius 2 is 1.81 bits per heavy atom. The molecule has 0 atom stereocenters. The number of aryl methyl sites for hydroxylation is 1. The van der Waals surface area contributed by atoms with Crippen LogP contribution in [0.2, 0.25) is 0 Å². The molecule has 1 aliphatic rings. The third kappa shape index (κ3) is 2.95. The molecule has 108 valence electrons. The van der Waals surface area contributed by atoms with Crippen LogP contribution in [0.1, 0.15) is 27.9 Å². The summed E-state index contributed by atoms with van der Waals surface area (Å²) in [5.74, 6) is 1.32. The molecule has 0 aromatic heterocycles. The van der Waals surface area contributed by atoms with Gasteiger partial charge in [-0.1, -0.05) is 27.6 Å². The summed E-state index contributed by atoms with van der Waals surface area (Å²) in [6, 6.07) is 11.1. The minimum absolute atomic E-state index is 0.0266. The van der Waals surface area contributed by atoms with Gasteiger partial charge in [-0.05, 0) is 37.3 Å². The fourth-order valence-corrected chi connectivity index (χ4v) is 2.70. The van der Waals surface area contributed by atoms with Crippen molar-refractivity contribution in [2.45, 2.75) is 13.3 Å². The monoisotopic (exact) mass is 346 g/mol. The highest BCUT2D eigenvalue weighted by atomic mass is 79.9. The van der Waals surface area contributed by atoms with E-state index >= 15 is 0 Å². The number of fused-ring (bicyclic) bond motifs is 1. The fourth-order valence-electron chi connectivity index (χ4n) is 2.27. The molecular weight excluding hydrogens is 332 g/mol. The Bertz CT molecular complexity index is 694. The highest BCUT2D eigenvalue weighted by Gasteiger charge is 2.17. The Kier molecular flexibility index (Phi) is 3.97. The lowest BCUT2D eigenvalue weighted by atomic mass is 10.0. The van der Waals surface area contributed by atoms with Crippen LogP contribution in [-0.2, 0) is 0 Å². The van der Waals surface area contributed by atoms with Crippen LogP contribution in [-0.4, -0.2) is 19.0 Å². The lowest BCUT2D eigenvalue weighted by molar-refractivity contribution is 0.103. The van der Waals surface area contributed by atoms with Gasteiger partial charge in [-0.2, -0.15) is 0 Å². The van der Waals surface area contributed by atoms with Gasteiger partial charge < -0.3 is 9.47 Å². The molecule has 1 aliphatic heterocycles. The predicted molar refractivity (Wildman–Crippen MR) is 84.4 cm³/mol. The average Bonchev–Trinajstić information content (AvgIpc) is 2.73. The van der Waals surface area contributed by atoms with Gasteiger partial charge in [-0.15, -0.1) is 0 Å². The molecule has 1 heterocycles. The first kappa shape index (κ1) is 14.1. The zero-order valence-corrected chi connectivity index (χ0v) is 13.3. The van der Waals surface area contributed by atoms with Crippen LogP contribution >= 0.6 is 15.9 Å². The van der Waals surface area contributed by atoms with Crippen molar-refractivity contribution >= 4 is 21.7 Å². The van der Waals surface area contributed by atoms with Gasteiger partial charge in [0.25, 0.3) is 0 Å². The molecular formula is C17H15BrO3. The van der Waals surface area contributed by atoms with Crippen molar-refractivity contribution in [3.05, 3.63) is 57.6 Å². The first-order chi connectivity index (χ1) is 10.1. The second-order valence-electron chi connectivity index (χ2n) is 5.02. The largest absolute Gasteiger partial charge is 0.490 e. The van der Waals surface area contributed by atoms with Gasteiger partial charge in [-0.25, -0.2) is 0 Å². The molecule has 0 fully saturated rings. The van der Waals surface area contributed by atoms with E-state index in [1.165, 1.54) is 0 Å². The topological polar surface area (TPSA) is 35.5 Å². The van der Waals surface area contributed by atoms with Crippen LogP contribution in [0, 0.1) is 6.92 Å². The molecule has 21 heavy (non-hydrogen) atoms. The highest BCUT2D eigenvalue weighted by molar-refractivity contribution is 9.10. The van der Waals surface area contributed by atoms with E-state index in [-0.39, 0.29) is 5.78 Å². The van der Waals surface area contributed by atoms with Crippen LogP contribution in [0.4, 0.5) is 0 Å². The fraction of sp³-hybridized carbons (Fsp3) is 0.235. The first-order valence-electron chi connectivity index (χ1n) is 6.85. The molecule has 0 amide bonds. The SMILES string of the molecule is Cc1ccc(Br)c(C(=O)c2ccc3c(c2)OCCCO3)c1. The van der Waals surface area contributed by atoms with Crippen molar-refractivity contribution < 1.29 is 14.3 Å². The summed E-state index contributed by atoms with van der Waals surface area (Å²) in [6.45, 7) is 3.22. The van der Waals surface area contributed by atoms with Gasteiger partial charge in [-0.3, -0.25) is 4.79 Å². The summed E-state index contributed by atoms with van der Waals surface area (Å²) < 4.78 is 12.0. The third-order valence-corrected chi connectivity index (χ3v) is 4.07. The van der Waals surface area contributed by atoms with Crippen molar-refractivity contribution in [3.63, 3.8) is 0 Å². The summed E-state index contributed by atoms with van der Waals surface area (Å²) in [5, 5.41) is 0. The summed E-state index contributed by atoms with van der Waals surface area (Å²) in [5.41, 5.74) is 2.31. The van der Waals surface area contributed by atoms with Gasteiger partial charge in [0.2, 0.25) is 0 Å². The number of ketones is 1. The molecule has 0 saturated carbocycles. The van der Waals surface area contributed by atoms with Gasteiger partial charge in [0.05, 0.1) is 13.2 Å². The summed E-state index contributed by atoms with van der Waals surface area (Å²) in [4.78, 5) is 12.7. The number of hydrogen-bond donors (Lipinski definition) is 0. The van der Waals surface area contributed by atoms with Crippen LogP contribution in [0.3, 0.4) is 0 Å². The molecule has 3 nitrogen and oxygen atoms in total. The normalized spacial score (nSPS) is 13.6. The van der Waals surface area contributed by atoms with E-state index in [1.807, 2.05) is 25.1 Å². The Labute approximate surface area is 132 Å². The van der Waals surface area contributed by atoms with Crippen molar-refractivity contribution in [1.29, 1.82) is 0 Å². The molecule has 4 heteroatoms. The van der Waals surface area contributed by atoms with E-state index in [9.17, 15) is 4.79 Å². The second-order valence-corrected chi connectivity index (χ2v) is 5.88. The molecule has 0 bridgehead atoms. The number of carbonyl (C=O) groups is 1. The van der Waals surface area contributed by atoms with E-state index in [1.54, 1.807) is 18.2 Å². The number of benzene rings is 2. The van der Waals surface area contributed by atoms with E-state index in [0.29, 0.717) is 35.8 Å². The minimum Gasteiger partial charge on any atom is -0.490 e. The number of carbonyl (C=O) groups excluding carboxylic acids is 1. The highest BCUT2D eigenvalue weighted by Crippen LogP contribution is 2.32. The summed E-state index contributed by atoms with van der Waals surface area (Å²) >= 11 is 3.44. The molecule has 0 unspecified atom stereocenters. The maximum absolute atomic E-state index is 12.7. The van der Waals surface area contributed by atoms with Crippen LogP contribution in [0.5, 0.6) is 11.5 Å². The van der Waals surface area contributed by atoms with Gasteiger partial charge in [0.1, 0.15) is 0 Å². The van der Waals surface area contributed by atoms with Crippen LogP contribution < -0.4 is 9.47 Å². The predicted octanol–water partition coefficient (Wildman–Crippen LogP) is 4.15. The van der Waals surface area contributed by atoms with Crippen LogP contribution in [0.25, 0.3) is 0 Å². The second kappa shape index (κ2) is 5.90. The van der Waals surface area contributed by atoms with Crippen molar-refractivity contribution in [2.24, 2.45) is 0 Å². The molecule has 0 radical (unpaired) electrons. The van der Waals surface area contributed by atoms with Crippen molar-refractivity contribution in [3.8, 4) is 11.5 Å². The Hall–Kier alpha value is -1.81. The quantitative estimate of drug-likeness (QED) is 0.766. The van der Waals surface area contributed by atoms with Crippen molar-refractivity contribution in [2.75, 3.05) is 13.2 Å². The molecule has 2 aromatic rings. The standard InChI is InChI=1S/C17H15BrO3/c1-11-3-5-14(18)13(9-11)17(19)12-4-6-15-16(10-12)21-8-2-7-20-15/h3-6,9-10H,2,7-8H2,1H3. The minimum atomic E-state index is -0.0266. The zero-order chi connectivity index (χ0) is 14.8. The number of ether oxygens (including phenoxy) is 2. The van der Waals surface area contributed by atoms with Gasteiger partial charge in [0, 0.05) is 22.0 Å². The Balaban J connectivity index is 1.98. The molecule has 2 aromatic carbocycles. The summed E-state index contributed by atoms with van der Waals surface area (Å²) in [7, 11) is 0. The number of rotatable bonds is 2. The Morgan fingerprint density at radius 3 is 2.62 bits per heavy atom. The molecule has 0 saturated heterocycles.